The van der Waals surface area contributed by atoms with Gasteiger partial charge in [0, 0.05) is 17.4 Å². The summed E-state index contributed by atoms with van der Waals surface area (Å²) in [6, 6.07) is 11.8. The Morgan fingerprint density at radius 3 is 2.40 bits per heavy atom. The van der Waals surface area contributed by atoms with Gasteiger partial charge < -0.3 is 15.4 Å². The first-order valence-electron chi connectivity index (χ1n) is 8.69. The van der Waals surface area contributed by atoms with E-state index in [-0.39, 0.29) is 12.5 Å². The molecule has 0 saturated carbocycles. The number of hydrogen-bond acceptors (Lipinski definition) is 3. The van der Waals surface area contributed by atoms with Gasteiger partial charge in [-0.2, -0.15) is 0 Å². The maximum Gasteiger partial charge on any atom is 0.243 e. The van der Waals surface area contributed by atoms with Crippen molar-refractivity contribution in [2.75, 3.05) is 23.8 Å². The number of ether oxygens (including phenoxy) is 1. The van der Waals surface area contributed by atoms with Gasteiger partial charge in [-0.25, -0.2) is 0 Å². The SMILES string of the molecule is Cc1cc(C)c(NC(=O)CNc2cccc(OCC(C)C)c2)c(C)c1. The molecule has 4 nitrogen and oxygen atoms in total. The highest BCUT2D eigenvalue weighted by atomic mass is 16.5. The highest BCUT2D eigenvalue weighted by Gasteiger charge is 2.08. The van der Waals surface area contributed by atoms with Gasteiger partial charge in [-0.05, 0) is 49.9 Å². The molecule has 0 aliphatic rings. The lowest BCUT2D eigenvalue weighted by Crippen LogP contribution is -2.22. The van der Waals surface area contributed by atoms with Crippen molar-refractivity contribution >= 4 is 17.3 Å². The Morgan fingerprint density at radius 2 is 1.76 bits per heavy atom. The average Bonchev–Trinajstić information content (AvgIpc) is 2.55. The van der Waals surface area contributed by atoms with Crippen LogP contribution in [0.4, 0.5) is 11.4 Å². The lowest BCUT2D eigenvalue weighted by Gasteiger charge is -2.14. The summed E-state index contributed by atoms with van der Waals surface area (Å²) in [4.78, 5) is 12.3. The lowest BCUT2D eigenvalue weighted by atomic mass is 10.1. The summed E-state index contributed by atoms with van der Waals surface area (Å²) in [5.74, 6) is 1.22. The average molecular weight is 340 g/mol. The van der Waals surface area contributed by atoms with Crippen LogP contribution in [0.25, 0.3) is 0 Å². The van der Waals surface area contributed by atoms with Gasteiger partial charge in [-0.15, -0.1) is 0 Å². The fourth-order valence-corrected chi connectivity index (χ4v) is 2.70. The maximum absolute atomic E-state index is 12.3. The van der Waals surface area contributed by atoms with E-state index in [4.69, 9.17) is 4.74 Å². The molecular weight excluding hydrogens is 312 g/mol. The van der Waals surface area contributed by atoms with Crippen molar-refractivity contribution in [1.29, 1.82) is 0 Å². The molecule has 0 saturated heterocycles. The Bertz CT molecular complexity index is 715. The third-order valence-corrected chi connectivity index (χ3v) is 3.81. The van der Waals surface area contributed by atoms with E-state index in [9.17, 15) is 4.79 Å². The minimum absolute atomic E-state index is 0.0662. The lowest BCUT2D eigenvalue weighted by molar-refractivity contribution is -0.114. The molecule has 0 radical (unpaired) electrons. The van der Waals surface area contributed by atoms with Crippen molar-refractivity contribution in [2.45, 2.75) is 34.6 Å². The number of rotatable bonds is 7. The van der Waals surface area contributed by atoms with Gasteiger partial charge in [0.2, 0.25) is 5.91 Å². The van der Waals surface area contributed by atoms with E-state index in [0.29, 0.717) is 12.5 Å². The van der Waals surface area contributed by atoms with Crippen LogP contribution in [0.2, 0.25) is 0 Å². The second-order valence-corrected chi connectivity index (χ2v) is 6.91. The van der Waals surface area contributed by atoms with Crippen molar-refractivity contribution in [2.24, 2.45) is 5.92 Å². The first kappa shape index (κ1) is 18.8. The maximum atomic E-state index is 12.3. The molecular formula is C21H28N2O2. The molecule has 0 aliphatic heterocycles. The summed E-state index contributed by atoms with van der Waals surface area (Å²) in [5.41, 5.74) is 5.12. The molecule has 4 heteroatoms. The fraction of sp³-hybridized carbons (Fsp3) is 0.381. The normalized spacial score (nSPS) is 10.6. The van der Waals surface area contributed by atoms with Gasteiger partial charge in [-0.1, -0.05) is 37.6 Å². The first-order chi connectivity index (χ1) is 11.8. The molecule has 0 atom stereocenters. The number of benzene rings is 2. The Labute approximate surface area is 150 Å². The van der Waals surface area contributed by atoms with Crippen molar-refractivity contribution in [3.05, 3.63) is 53.1 Å². The molecule has 0 unspecified atom stereocenters. The molecule has 134 valence electrons. The van der Waals surface area contributed by atoms with E-state index < -0.39 is 0 Å². The van der Waals surface area contributed by atoms with E-state index in [1.165, 1.54) is 5.56 Å². The summed E-state index contributed by atoms with van der Waals surface area (Å²) in [6.07, 6.45) is 0. The second kappa shape index (κ2) is 8.56. The quantitative estimate of drug-likeness (QED) is 0.768. The van der Waals surface area contributed by atoms with Crippen molar-refractivity contribution in [3.8, 4) is 5.75 Å². The number of anilines is 2. The van der Waals surface area contributed by atoms with Crippen LogP contribution in [-0.4, -0.2) is 19.1 Å². The highest BCUT2D eigenvalue weighted by molar-refractivity contribution is 5.95. The topological polar surface area (TPSA) is 50.4 Å². The van der Waals surface area contributed by atoms with Crippen molar-refractivity contribution in [1.82, 2.24) is 0 Å². The van der Waals surface area contributed by atoms with E-state index in [0.717, 1.165) is 28.3 Å². The standard InChI is InChI=1S/C21H28N2O2/c1-14(2)13-25-19-8-6-7-18(11-19)22-12-20(24)23-21-16(4)9-15(3)10-17(21)5/h6-11,14,22H,12-13H2,1-5H3,(H,23,24). The van der Waals surface area contributed by atoms with Crippen LogP contribution < -0.4 is 15.4 Å². The Balaban J connectivity index is 1.93. The molecule has 2 N–H and O–H groups in total. The summed E-state index contributed by atoms with van der Waals surface area (Å²) in [6.45, 7) is 11.2. The number of amides is 1. The highest BCUT2D eigenvalue weighted by Crippen LogP contribution is 2.22. The summed E-state index contributed by atoms with van der Waals surface area (Å²) >= 11 is 0. The Hall–Kier alpha value is -2.49. The minimum Gasteiger partial charge on any atom is -0.493 e. The van der Waals surface area contributed by atoms with E-state index in [2.05, 4.69) is 43.5 Å². The molecule has 0 spiro atoms. The zero-order valence-corrected chi connectivity index (χ0v) is 15.8. The van der Waals surface area contributed by atoms with Crippen LogP contribution in [0.1, 0.15) is 30.5 Å². The van der Waals surface area contributed by atoms with Gasteiger partial charge in [0.05, 0.1) is 13.2 Å². The predicted octanol–water partition coefficient (Wildman–Crippen LogP) is 4.70. The van der Waals surface area contributed by atoms with Gasteiger partial charge in [0.25, 0.3) is 0 Å². The van der Waals surface area contributed by atoms with Crippen LogP contribution >= 0.6 is 0 Å². The molecule has 0 bridgehead atoms. The number of nitrogens with one attached hydrogen (secondary N) is 2. The van der Waals surface area contributed by atoms with Crippen molar-refractivity contribution in [3.63, 3.8) is 0 Å². The van der Waals surface area contributed by atoms with Crippen LogP contribution in [0.5, 0.6) is 5.75 Å². The van der Waals surface area contributed by atoms with Gasteiger partial charge in [0.1, 0.15) is 5.75 Å². The van der Waals surface area contributed by atoms with E-state index in [1.807, 2.05) is 38.1 Å². The number of carbonyl (C=O) groups is 1. The fourth-order valence-electron chi connectivity index (χ4n) is 2.70. The molecule has 2 aromatic carbocycles. The zero-order chi connectivity index (χ0) is 18.4. The molecule has 0 aromatic heterocycles. The molecule has 2 aromatic rings. The van der Waals surface area contributed by atoms with Gasteiger partial charge in [-0.3, -0.25) is 4.79 Å². The van der Waals surface area contributed by atoms with E-state index in [1.54, 1.807) is 0 Å². The number of aryl methyl sites for hydroxylation is 3. The minimum atomic E-state index is -0.0662. The van der Waals surface area contributed by atoms with Crippen LogP contribution in [0.3, 0.4) is 0 Å². The monoisotopic (exact) mass is 340 g/mol. The summed E-state index contributed by atoms with van der Waals surface area (Å²) in [5, 5.41) is 6.15. The molecule has 0 fully saturated rings. The first-order valence-corrected chi connectivity index (χ1v) is 8.69. The third-order valence-electron chi connectivity index (χ3n) is 3.81. The van der Waals surface area contributed by atoms with Crippen LogP contribution in [0.15, 0.2) is 36.4 Å². The predicted molar refractivity (Wildman–Crippen MR) is 105 cm³/mol. The van der Waals surface area contributed by atoms with Crippen LogP contribution in [0, 0.1) is 26.7 Å². The summed E-state index contributed by atoms with van der Waals surface area (Å²) < 4.78 is 5.71. The zero-order valence-electron chi connectivity index (χ0n) is 15.8. The molecule has 1 amide bonds. The van der Waals surface area contributed by atoms with Gasteiger partial charge in [0.15, 0.2) is 0 Å². The van der Waals surface area contributed by atoms with E-state index >= 15 is 0 Å². The van der Waals surface area contributed by atoms with Crippen LogP contribution in [-0.2, 0) is 4.79 Å². The second-order valence-electron chi connectivity index (χ2n) is 6.91. The Morgan fingerprint density at radius 1 is 1.08 bits per heavy atom. The summed E-state index contributed by atoms with van der Waals surface area (Å²) in [7, 11) is 0. The smallest absolute Gasteiger partial charge is 0.243 e. The van der Waals surface area contributed by atoms with Gasteiger partial charge >= 0.3 is 0 Å². The largest absolute Gasteiger partial charge is 0.493 e. The Kier molecular flexibility index (Phi) is 6.45. The molecule has 0 aliphatic carbocycles. The molecule has 25 heavy (non-hydrogen) atoms. The molecule has 0 heterocycles. The molecule has 2 rings (SSSR count). The number of hydrogen-bond donors (Lipinski definition) is 2. The third kappa shape index (κ3) is 5.82. The van der Waals surface area contributed by atoms with Crippen molar-refractivity contribution < 1.29 is 9.53 Å². The number of carbonyl (C=O) groups excluding carboxylic acids is 1.